The van der Waals surface area contributed by atoms with Crippen molar-refractivity contribution in [1.29, 1.82) is 0 Å². The molecule has 1 aliphatic carbocycles. The van der Waals surface area contributed by atoms with Crippen LogP contribution in [0.5, 0.6) is 5.75 Å². The van der Waals surface area contributed by atoms with Crippen LogP contribution < -0.4 is 4.74 Å². The summed E-state index contributed by atoms with van der Waals surface area (Å²) in [6.07, 6.45) is 6.38. The van der Waals surface area contributed by atoms with Gasteiger partial charge in [0.05, 0.1) is 12.7 Å². The van der Waals surface area contributed by atoms with Gasteiger partial charge in [0.2, 0.25) is 0 Å². The molecule has 2 aromatic rings. The molecule has 0 atom stereocenters. The average Bonchev–Trinajstić information content (AvgIpc) is 2.93. The first-order valence-corrected chi connectivity index (χ1v) is 8.68. The minimum Gasteiger partial charge on any atom is -0.497 e. The molecule has 3 rings (SSSR count). The van der Waals surface area contributed by atoms with E-state index in [1.54, 1.807) is 7.11 Å². The van der Waals surface area contributed by atoms with E-state index in [-0.39, 0.29) is 0 Å². The Kier molecular flexibility index (Phi) is 4.93. The second kappa shape index (κ2) is 7.12. The van der Waals surface area contributed by atoms with Crippen LogP contribution in [0.3, 0.4) is 0 Å². The molecule has 1 aliphatic rings. The molecule has 0 spiro atoms. The predicted molar refractivity (Wildman–Crippen MR) is 94.7 cm³/mol. The van der Waals surface area contributed by atoms with Gasteiger partial charge in [0.15, 0.2) is 0 Å². The van der Waals surface area contributed by atoms with Crippen LogP contribution >= 0.6 is 0 Å². The van der Waals surface area contributed by atoms with Crippen LogP contribution in [-0.2, 0) is 6.54 Å². The highest BCUT2D eigenvalue weighted by molar-refractivity contribution is 5.91. The smallest absolute Gasteiger partial charge is 0.337 e. The molecule has 1 heterocycles. The van der Waals surface area contributed by atoms with E-state index in [1.807, 2.05) is 37.3 Å². The Bertz CT molecular complexity index is 709. The molecule has 128 valence electrons. The minimum atomic E-state index is -0.857. The van der Waals surface area contributed by atoms with Crippen molar-refractivity contribution >= 4 is 5.97 Å². The van der Waals surface area contributed by atoms with Gasteiger partial charge in [0.1, 0.15) is 5.75 Å². The van der Waals surface area contributed by atoms with Crippen molar-refractivity contribution in [2.24, 2.45) is 5.92 Å². The molecule has 0 aliphatic heterocycles. The zero-order chi connectivity index (χ0) is 17.1. The number of carbonyl (C=O) groups is 1. The lowest BCUT2D eigenvalue weighted by molar-refractivity contribution is 0.0696. The summed E-state index contributed by atoms with van der Waals surface area (Å²) < 4.78 is 7.42. The topological polar surface area (TPSA) is 51.5 Å². The van der Waals surface area contributed by atoms with E-state index in [9.17, 15) is 9.90 Å². The first-order valence-electron chi connectivity index (χ1n) is 8.68. The van der Waals surface area contributed by atoms with Gasteiger partial charge in [-0.15, -0.1) is 0 Å². The van der Waals surface area contributed by atoms with Gasteiger partial charge in [-0.25, -0.2) is 4.79 Å². The van der Waals surface area contributed by atoms with Crippen molar-refractivity contribution < 1.29 is 14.6 Å². The molecular formula is C20H25NO3. The molecule has 0 unspecified atom stereocenters. The van der Waals surface area contributed by atoms with Crippen molar-refractivity contribution in [2.75, 3.05) is 7.11 Å². The van der Waals surface area contributed by atoms with Crippen LogP contribution in [0.15, 0.2) is 30.3 Å². The molecule has 0 saturated heterocycles. The molecule has 4 nitrogen and oxygen atoms in total. The van der Waals surface area contributed by atoms with Crippen molar-refractivity contribution in [3.05, 3.63) is 41.6 Å². The SMILES string of the molecule is COc1ccc(-c2cc(C(=O)O)c(C)n2CC2CCCCC2)cc1. The van der Waals surface area contributed by atoms with Crippen LogP contribution in [0, 0.1) is 12.8 Å². The Hall–Kier alpha value is -2.23. The number of methoxy groups -OCH3 is 1. The first-order chi connectivity index (χ1) is 11.6. The number of hydrogen-bond donors (Lipinski definition) is 1. The van der Waals surface area contributed by atoms with E-state index in [0.29, 0.717) is 11.5 Å². The van der Waals surface area contributed by atoms with Crippen LogP contribution in [0.1, 0.15) is 48.2 Å². The van der Waals surface area contributed by atoms with Gasteiger partial charge in [0, 0.05) is 17.9 Å². The van der Waals surface area contributed by atoms with Crippen molar-refractivity contribution in [1.82, 2.24) is 4.57 Å². The highest BCUT2D eigenvalue weighted by atomic mass is 16.5. The Morgan fingerprint density at radius 1 is 1.21 bits per heavy atom. The van der Waals surface area contributed by atoms with Gasteiger partial charge in [-0.3, -0.25) is 0 Å². The number of carboxylic acid groups (broad SMARTS) is 1. The largest absolute Gasteiger partial charge is 0.497 e. The number of carboxylic acids is 1. The molecule has 24 heavy (non-hydrogen) atoms. The van der Waals surface area contributed by atoms with Crippen molar-refractivity contribution in [2.45, 2.75) is 45.6 Å². The molecule has 1 aromatic heterocycles. The lowest BCUT2D eigenvalue weighted by atomic mass is 9.89. The van der Waals surface area contributed by atoms with Gasteiger partial charge in [0.25, 0.3) is 0 Å². The Balaban J connectivity index is 1.99. The molecule has 0 bridgehead atoms. The second-order valence-corrected chi connectivity index (χ2v) is 6.68. The molecule has 0 amide bonds. The molecular weight excluding hydrogens is 302 g/mol. The molecule has 1 N–H and O–H groups in total. The lowest BCUT2D eigenvalue weighted by Crippen LogP contribution is -2.16. The Morgan fingerprint density at radius 2 is 1.88 bits per heavy atom. The fourth-order valence-electron chi connectivity index (χ4n) is 3.73. The lowest BCUT2D eigenvalue weighted by Gasteiger charge is -2.24. The quantitative estimate of drug-likeness (QED) is 0.862. The molecule has 0 radical (unpaired) electrons. The minimum absolute atomic E-state index is 0.400. The zero-order valence-corrected chi connectivity index (χ0v) is 14.4. The average molecular weight is 327 g/mol. The summed E-state index contributed by atoms with van der Waals surface area (Å²) >= 11 is 0. The molecule has 1 fully saturated rings. The standard InChI is InChI=1S/C20H25NO3/c1-14-18(20(22)23)12-19(16-8-10-17(24-2)11-9-16)21(14)13-15-6-4-3-5-7-15/h8-12,15H,3-7,13H2,1-2H3,(H,22,23). The van der Waals surface area contributed by atoms with E-state index in [2.05, 4.69) is 4.57 Å². The summed E-state index contributed by atoms with van der Waals surface area (Å²) in [5.74, 6) is 0.590. The third-order valence-electron chi connectivity index (χ3n) is 5.15. The second-order valence-electron chi connectivity index (χ2n) is 6.68. The normalized spacial score (nSPS) is 15.4. The van der Waals surface area contributed by atoms with E-state index < -0.39 is 5.97 Å². The van der Waals surface area contributed by atoms with E-state index in [4.69, 9.17) is 4.74 Å². The zero-order valence-electron chi connectivity index (χ0n) is 14.4. The van der Waals surface area contributed by atoms with Gasteiger partial charge >= 0.3 is 5.97 Å². The maximum absolute atomic E-state index is 11.6. The number of rotatable bonds is 5. The Morgan fingerprint density at radius 3 is 2.46 bits per heavy atom. The maximum atomic E-state index is 11.6. The van der Waals surface area contributed by atoms with Crippen LogP contribution in [0.4, 0.5) is 0 Å². The number of ether oxygens (including phenoxy) is 1. The van der Waals surface area contributed by atoms with Gasteiger partial charge in [-0.2, -0.15) is 0 Å². The van der Waals surface area contributed by atoms with Crippen molar-refractivity contribution in [3.8, 4) is 17.0 Å². The van der Waals surface area contributed by atoms with E-state index in [1.165, 1.54) is 32.1 Å². The summed E-state index contributed by atoms with van der Waals surface area (Å²) in [6.45, 7) is 2.82. The van der Waals surface area contributed by atoms with Gasteiger partial charge < -0.3 is 14.4 Å². The van der Waals surface area contributed by atoms with Gasteiger partial charge in [-0.05, 0) is 61.6 Å². The fourth-order valence-corrected chi connectivity index (χ4v) is 3.73. The van der Waals surface area contributed by atoms with E-state index in [0.717, 1.165) is 29.2 Å². The Labute approximate surface area is 143 Å². The summed E-state index contributed by atoms with van der Waals surface area (Å²) in [6, 6.07) is 9.64. The highest BCUT2D eigenvalue weighted by Gasteiger charge is 2.21. The maximum Gasteiger partial charge on any atom is 0.337 e. The van der Waals surface area contributed by atoms with Gasteiger partial charge in [-0.1, -0.05) is 19.3 Å². The summed E-state index contributed by atoms with van der Waals surface area (Å²) in [5.41, 5.74) is 3.26. The first kappa shape index (κ1) is 16.6. The summed E-state index contributed by atoms with van der Waals surface area (Å²) in [4.78, 5) is 11.6. The molecule has 1 saturated carbocycles. The van der Waals surface area contributed by atoms with E-state index >= 15 is 0 Å². The number of benzene rings is 1. The number of hydrogen-bond acceptors (Lipinski definition) is 2. The molecule has 1 aromatic carbocycles. The summed E-state index contributed by atoms with van der Waals surface area (Å²) in [7, 11) is 1.65. The monoisotopic (exact) mass is 327 g/mol. The molecule has 4 heteroatoms. The third kappa shape index (κ3) is 3.32. The van der Waals surface area contributed by atoms with Crippen molar-refractivity contribution in [3.63, 3.8) is 0 Å². The number of aromatic carboxylic acids is 1. The third-order valence-corrected chi connectivity index (χ3v) is 5.15. The van der Waals surface area contributed by atoms with Crippen LogP contribution in [-0.4, -0.2) is 22.8 Å². The summed E-state index contributed by atoms with van der Waals surface area (Å²) in [5, 5.41) is 9.51. The number of nitrogens with zero attached hydrogens (tertiary/aromatic N) is 1. The number of aromatic nitrogens is 1. The van der Waals surface area contributed by atoms with Crippen LogP contribution in [0.2, 0.25) is 0 Å². The predicted octanol–water partition coefficient (Wildman–Crippen LogP) is 4.75. The van der Waals surface area contributed by atoms with Crippen LogP contribution in [0.25, 0.3) is 11.3 Å². The fraction of sp³-hybridized carbons (Fsp3) is 0.450. The highest BCUT2D eigenvalue weighted by Crippen LogP contribution is 2.32.